The van der Waals surface area contributed by atoms with Crippen LogP contribution in [-0.4, -0.2) is 55.0 Å². The minimum absolute atomic E-state index is 0.00198. The van der Waals surface area contributed by atoms with Crippen LogP contribution in [0.4, 0.5) is 0 Å². The van der Waals surface area contributed by atoms with Crippen LogP contribution in [0.1, 0.15) is 6.92 Å². The van der Waals surface area contributed by atoms with Crippen molar-refractivity contribution < 1.29 is 23.9 Å². The van der Waals surface area contributed by atoms with Crippen molar-refractivity contribution in [2.24, 2.45) is 5.73 Å². The van der Waals surface area contributed by atoms with Crippen molar-refractivity contribution in [3.8, 4) is 11.5 Å². The number of carbonyl (C=O) groups is 3. The van der Waals surface area contributed by atoms with Crippen molar-refractivity contribution in [3.63, 3.8) is 0 Å². The lowest BCUT2D eigenvalue weighted by Crippen LogP contribution is -2.49. The highest BCUT2D eigenvalue weighted by Crippen LogP contribution is 2.30. The average Bonchev–Trinajstić information content (AvgIpc) is 2.56. The fourth-order valence-electron chi connectivity index (χ4n) is 2.10. The summed E-state index contributed by atoms with van der Waals surface area (Å²) in [5.41, 5.74) is 5.33. The van der Waals surface area contributed by atoms with E-state index in [0.29, 0.717) is 11.5 Å². The van der Waals surface area contributed by atoms with Crippen LogP contribution in [-0.2, 0) is 14.4 Å². The second-order valence-electron chi connectivity index (χ2n) is 4.97. The Labute approximate surface area is 133 Å². The second-order valence-corrected chi connectivity index (χ2v) is 4.97. The monoisotopic (exact) mass is 321 g/mol. The molecule has 8 nitrogen and oxygen atoms in total. The molecule has 1 aliphatic rings. The molecular formula is C15H19N3O5. The van der Waals surface area contributed by atoms with Gasteiger partial charge >= 0.3 is 11.8 Å². The first-order valence-corrected chi connectivity index (χ1v) is 7.21. The number of imide groups is 1. The number of hydrogen-bond acceptors (Lipinski definition) is 6. The Bertz CT molecular complexity index is 605. The van der Waals surface area contributed by atoms with Crippen LogP contribution in [0.15, 0.2) is 24.3 Å². The SMILES string of the molecule is CC(=O)N(CCN)C(=O)C(=O)NCC1COc2ccccc2O1. The Kier molecular flexibility index (Phi) is 5.53. The lowest BCUT2D eigenvalue weighted by Gasteiger charge is -2.26. The molecule has 8 heteroatoms. The standard InChI is InChI=1S/C15H19N3O5/c1-10(19)18(7-6-16)15(21)14(20)17-8-11-9-22-12-4-2-3-5-13(12)23-11/h2-5,11H,6-9,16H2,1H3,(H,17,20). The van der Waals surface area contributed by atoms with Gasteiger partial charge in [0.25, 0.3) is 0 Å². The molecule has 1 unspecified atom stereocenters. The van der Waals surface area contributed by atoms with Crippen molar-refractivity contribution in [2.45, 2.75) is 13.0 Å². The van der Waals surface area contributed by atoms with Crippen LogP contribution in [0, 0.1) is 0 Å². The van der Waals surface area contributed by atoms with Gasteiger partial charge in [0.05, 0.1) is 6.54 Å². The molecule has 1 heterocycles. The van der Waals surface area contributed by atoms with Gasteiger partial charge in [0, 0.05) is 20.0 Å². The van der Waals surface area contributed by atoms with Crippen molar-refractivity contribution in [3.05, 3.63) is 24.3 Å². The summed E-state index contributed by atoms with van der Waals surface area (Å²) in [5.74, 6) is -1.12. The number of rotatable bonds is 4. The highest BCUT2D eigenvalue weighted by atomic mass is 16.6. The number of nitrogens with zero attached hydrogens (tertiary/aromatic N) is 1. The lowest BCUT2D eigenvalue weighted by molar-refractivity contribution is -0.151. The number of carbonyl (C=O) groups excluding carboxylic acids is 3. The topological polar surface area (TPSA) is 111 Å². The molecule has 3 N–H and O–H groups in total. The third kappa shape index (κ3) is 4.19. The van der Waals surface area contributed by atoms with E-state index >= 15 is 0 Å². The molecule has 1 aromatic rings. The van der Waals surface area contributed by atoms with Crippen LogP contribution < -0.4 is 20.5 Å². The summed E-state index contributed by atoms with van der Waals surface area (Å²) in [6.07, 6.45) is -0.415. The summed E-state index contributed by atoms with van der Waals surface area (Å²) in [6.45, 7) is 1.64. The third-order valence-electron chi connectivity index (χ3n) is 3.23. The van der Waals surface area contributed by atoms with Crippen molar-refractivity contribution in [1.82, 2.24) is 10.2 Å². The third-order valence-corrected chi connectivity index (χ3v) is 3.23. The predicted octanol–water partition coefficient (Wildman–Crippen LogP) is -0.724. The van der Waals surface area contributed by atoms with E-state index in [2.05, 4.69) is 5.32 Å². The predicted molar refractivity (Wildman–Crippen MR) is 80.8 cm³/mol. The van der Waals surface area contributed by atoms with E-state index in [9.17, 15) is 14.4 Å². The highest BCUT2D eigenvalue weighted by Gasteiger charge is 2.26. The first-order valence-electron chi connectivity index (χ1n) is 7.21. The van der Waals surface area contributed by atoms with Gasteiger partial charge in [0.2, 0.25) is 5.91 Å². The molecule has 0 saturated carbocycles. The molecule has 0 radical (unpaired) electrons. The smallest absolute Gasteiger partial charge is 0.318 e. The highest BCUT2D eigenvalue weighted by molar-refractivity contribution is 6.37. The molecule has 2 rings (SSSR count). The molecule has 0 aromatic heterocycles. The van der Waals surface area contributed by atoms with E-state index in [1.807, 2.05) is 12.1 Å². The molecule has 23 heavy (non-hydrogen) atoms. The van der Waals surface area contributed by atoms with E-state index in [1.54, 1.807) is 12.1 Å². The fraction of sp³-hybridized carbons (Fsp3) is 0.400. The second kappa shape index (κ2) is 7.59. The average molecular weight is 321 g/mol. The van der Waals surface area contributed by atoms with Gasteiger partial charge in [0.1, 0.15) is 12.7 Å². The molecule has 1 aliphatic heterocycles. The van der Waals surface area contributed by atoms with Gasteiger partial charge in [-0.05, 0) is 12.1 Å². The first-order chi connectivity index (χ1) is 11.0. The number of para-hydroxylation sites is 2. The van der Waals surface area contributed by atoms with E-state index in [-0.39, 0.29) is 26.2 Å². The van der Waals surface area contributed by atoms with E-state index in [0.717, 1.165) is 4.90 Å². The molecule has 1 aromatic carbocycles. The number of nitrogens with one attached hydrogen (secondary N) is 1. The molecule has 1 atom stereocenters. The summed E-state index contributed by atoms with van der Waals surface area (Å²) in [7, 11) is 0. The number of nitrogens with two attached hydrogens (primary N) is 1. The van der Waals surface area contributed by atoms with Crippen LogP contribution in [0.2, 0.25) is 0 Å². The Morgan fingerprint density at radius 3 is 2.65 bits per heavy atom. The van der Waals surface area contributed by atoms with Gasteiger partial charge in [-0.25, -0.2) is 0 Å². The Morgan fingerprint density at radius 1 is 1.30 bits per heavy atom. The first kappa shape index (κ1) is 16.8. The molecule has 0 saturated heterocycles. The molecule has 0 bridgehead atoms. The van der Waals surface area contributed by atoms with Gasteiger partial charge in [0.15, 0.2) is 11.5 Å². The Balaban J connectivity index is 1.87. The number of ether oxygens (including phenoxy) is 2. The zero-order chi connectivity index (χ0) is 16.8. The van der Waals surface area contributed by atoms with Gasteiger partial charge in [-0.3, -0.25) is 19.3 Å². The molecule has 3 amide bonds. The van der Waals surface area contributed by atoms with E-state index < -0.39 is 23.8 Å². The maximum absolute atomic E-state index is 11.9. The summed E-state index contributed by atoms with van der Waals surface area (Å²) < 4.78 is 11.2. The van der Waals surface area contributed by atoms with Gasteiger partial charge in [-0.2, -0.15) is 0 Å². The van der Waals surface area contributed by atoms with Gasteiger partial charge in [-0.15, -0.1) is 0 Å². The summed E-state index contributed by atoms with van der Waals surface area (Å²) >= 11 is 0. The number of hydrogen-bond donors (Lipinski definition) is 2. The number of amides is 3. The maximum Gasteiger partial charge on any atom is 0.318 e. The van der Waals surface area contributed by atoms with E-state index in [1.165, 1.54) is 6.92 Å². The summed E-state index contributed by atoms with van der Waals surface area (Å²) in [4.78, 5) is 35.9. The molecular weight excluding hydrogens is 302 g/mol. The normalized spacial score (nSPS) is 15.7. The largest absolute Gasteiger partial charge is 0.486 e. The quantitative estimate of drug-likeness (QED) is 0.708. The van der Waals surface area contributed by atoms with Gasteiger partial charge < -0.3 is 20.5 Å². The van der Waals surface area contributed by atoms with Crippen molar-refractivity contribution in [1.29, 1.82) is 0 Å². The number of fused-ring (bicyclic) bond motifs is 1. The minimum Gasteiger partial charge on any atom is -0.486 e. The Morgan fingerprint density at radius 2 is 2.00 bits per heavy atom. The molecule has 124 valence electrons. The Hall–Kier alpha value is -2.61. The summed E-state index contributed by atoms with van der Waals surface area (Å²) in [5, 5.41) is 2.45. The summed E-state index contributed by atoms with van der Waals surface area (Å²) in [6, 6.07) is 7.18. The minimum atomic E-state index is -0.930. The molecule has 0 aliphatic carbocycles. The zero-order valence-electron chi connectivity index (χ0n) is 12.8. The van der Waals surface area contributed by atoms with Crippen LogP contribution >= 0.6 is 0 Å². The van der Waals surface area contributed by atoms with Gasteiger partial charge in [-0.1, -0.05) is 12.1 Å². The van der Waals surface area contributed by atoms with Crippen LogP contribution in [0.3, 0.4) is 0 Å². The van der Waals surface area contributed by atoms with Crippen molar-refractivity contribution >= 4 is 17.7 Å². The van der Waals surface area contributed by atoms with Crippen LogP contribution in [0.5, 0.6) is 11.5 Å². The zero-order valence-corrected chi connectivity index (χ0v) is 12.8. The van der Waals surface area contributed by atoms with E-state index in [4.69, 9.17) is 15.2 Å². The molecule has 0 fully saturated rings. The molecule has 0 spiro atoms. The van der Waals surface area contributed by atoms with Crippen molar-refractivity contribution in [2.75, 3.05) is 26.2 Å². The number of benzene rings is 1. The van der Waals surface area contributed by atoms with Crippen LogP contribution in [0.25, 0.3) is 0 Å². The maximum atomic E-state index is 11.9. The fourth-order valence-corrected chi connectivity index (χ4v) is 2.10. The lowest BCUT2D eigenvalue weighted by atomic mass is 10.2.